The lowest BCUT2D eigenvalue weighted by atomic mass is 9.87. The van der Waals surface area contributed by atoms with Crippen molar-refractivity contribution in [3.05, 3.63) is 0 Å². The van der Waals surface area contributed by atoms with Crippen molar-refractivity contribution in [3.63, 3.8) is 0 Å². The van der Waals surface area contributed by atoms with Crippen molar-refractivity contribution < 1.29 is 4.79 Å². The summed E-state index contributed by atoms with van der Waals surface area (Å²) in [7, 11) is 1.95. The highest BCUT2D eigenvalue weighted by molar-refractivity contribution is 5.86. The maximum atomic E-state index is 12.4. The van der Waals surface area contributed by atoms with Gasteiger partial charge in [-0.05, 0) is 62.7 Å². The van der Waals surface area contributed by atoms with Gasteiger partial charge in [-0.1, -0.05) is 6.42 Å². The Morgan fingerprint density at radius 2 is 2.00 bits per heavy atom. The third kappa shape index (κ3) is 2.07. The molecule has 2 bridgehead atoms. The van der Waals surface area contributed by atoms with Crippen LogP contribution in [0.3, 0.4) is 0 Å². The molecule has 0 aromatic carbocycles. The highest BCUT2D eigenvalue weighted by Crippen LogP contribution is 2.48. The summed E-state index contributed by atoms with van der Waals surface area (Å²) in [5.41, 5.74) is 5.61. The average molecular weight is 250 g/mol. The van der Waals surface area contributed by atoms with E-state index in [0.717, 1.165) is 37.1 Å². The Labute approximate surface area is 110 Å². The Balaban J connectivity index is 1.57. The molecule has 3 nitrogen and oxygen atoms in total. The van der Waals surface area contributed by atoms with E-state index in [1.165, 1.54) is 25.7 Å². The molecule has 3 aliphatic rings. The monoisotopic (exact) mass is 250 g/mol. The maximum absolute atomic E-state index is 12.4. The Morgan fingerprint density at radius 1 is 1.28 bits per heavy atom. The van der Waals surface area contributed by atoms with E-state index in [-0.39, 0.29) is 5.91 Å². The van der Waals surface area contributed by atoms with Crippen LogP contribution >= 0.6 is 0 Å². The number of rotatable bonds is 4. The second-order valence-electron chi connectivity index (χ2n) is 7.18. The highest BCUT2D eigenvalue weighted by Gasteiger charge is 2.46. The van der Waals surface area contributed by atoms with Crippen LogP contribution in [0.5, 0.6) is 0 Å². The van der Waals surface area contributed by atoms with E-state index in [4.69, 9.17) is 5.73 Å². The van der Waals surface area contributed by atoms with Gasteiger partial charge in [-0.15, -0.1) is 0 Å². The number of nitrogens with two attached hydrogens (primary N) is 1. The summed E-state index contributed by atoms with van der Waals surface area (Å²) in [5, 5.41) is 0. The van der Waals surface area contributed by atoms with E-state index in [9.17, 15) is 4.79 Å². The molecule has 0 aromatic rings. The fourth-order valence-corrected chi connectivity index (χ4v) is 4.30. The molecule has 0 saturated heterocycles. The zero-order chi connectivity index (χ0) is 12.9. The Kier molecular flexibility index (Phi) is 2.92. The van der Waals surface area contributed by atoms with Crippen LogP contribution in [-0.2, 0) is 4.79 Å². The largest absolute Gasteiger partial charge is 0.344 e. The van der Waals surface area contributed by atoms with E-state index in [2.05, 4.69) is 0 Å². The molecule has 0 spiro atoms. The van der Waals surface area contributed by atoms with Gasteiger partial charge >= 0.3 is 0 Å². The van der Waals surface area contributed by atoms with Crippen molar-refractivity contribution in [3.8, 4) is 0 Å². The third-order valence-corrected chi connectivity index (χ3v) is 5.63. The predicted octanol–water partition coefficient (Wildman–Crippen LogP) is 2.01. The molecule has 3 aliphatic carbocycles. The molecule has 0 heterocycles. The first kappa shape index (κ1) is 12.5. The number of amides is 1. The first-order valence-electron chi connectivity index (χ1n) is 7.53. The van der Waals surface area contributed by atoms with Crippen LogP contribution in [-0.4, -0.2) is 29.9 Å². The normalized spacial score (nSPS) is 37.6. The minimum Gasteiger partial charge on any atom is -0.344 e. The van der Waals surface area contributed by atoms with Gasteiger partial charge in [0.2, 0.25) is 5.91 Å². The number of carbonyl (C=O) groups excluding carboxylic acids is 1. The van der Waals surface area contributed by atoms with Crippen molar-refractivity contribution in [1.29, 1.82) is 0 Å². The highest BCUT2D eigenvalue weighted by atomic mass is 16.2. The molecule has 4 atom stereocenters. The van der Waals surface area contributed by atoms with Crippen molar-refractivity contribution in [2.24, 2.45) is 29.4 Å². The lowest BCUT2D eigenvalue weighted by Crippen LogP contribution is -2.54. The molecule has 18 heavy (non-hydrogen) atoms. The van der Waals surface area contributed by atoms with Crippen molar-refractivity contribution in [2.75, 3.05) is 13.6 Å². The number of fused-ring (bicyclic) bond motifs is 2. The standard InChI is InChI=1S/C15H26N2O/c1-15(16,13-5-6-13)14(18)17(2)9-12-8-10-3-4-11(12)7-10/h10-13H,3-9,16H2,1-2H3. The van der Waals surface area contributed by atoms with E-state index in [1.807, 2.05) is 18.9 Å². The van der Waals surface area contributed by atoms with Crippen LogP contribution in [0.2, 0.25) is 0 Å². The Bertz CT molecular complexity index is 348. The van der Waals surface area contributed by atoms with Crippen LogP contribution < -0.4 is 5.73 Å². The van der Waals surface area contributed by atoms with Gasteiger partial charge in [-0.2, -0.15) is 0 Å². The summed E-state index contributed by atoms with van der Waals surface area (Å²) >= 11 is 0. The molecular formula is C15H26N2O. The molecule has 4 unspecified atom stereocenters. The maximum Gasteiger partial charge on any atom is 0.242 e. The second-order valence-corrected chi connectivity index (χ2v) is 7.18. The first-order chi connectivity index (χ1) is 8.48. The summed E-state index contributed by atoms with van der Waals surface area (Å²) < 4.78 is 0. The van der Waals surface area contributed by atoms with Gasteiger partial charge in [-0.25, -0.2) is 0 Å². The number of likely N-dealkylation sites (N-methyl/N-ethyl adjacent to an activating group) is 1. The molecule has 2 N–H and O–H groups in total. The van der Waals surface area contributed by atoms with Gasteiger partial charge in [0.25, 0.3) is 0 Å². The number of nitrogens with zero attached hydrogens (tertiary/aromatic N) is 1. The summed E-state index contributed by atoms with van der Waals surface area (Å²) in [4.78, 5) is 14.4. The minimum absolute atomic E-state index is 0.160. The van der Waals surface area contributed by atoms with Crippen LogP contribution in [0.1, 0.15) is 45.4 Å². The van der Waals surface area contributed by atoms with Crippen LogP contribution in [0, 0.1) is 23.7 Å². The fraction of sp³-hybridized carbons (Fsp3) is 0.933. The summed E-state index contributed by atoms with van der Waals surface area (Å²) in [5.74, 6) is 3.17. The zero-order valence-electron chi connectivity index (χ0n) is 11.7. The summed E-state index contributed by atoms with van der Waals surface area (Å²) in [6.07, 6.45) is 7.82. The third-order valence-electron chi connectivity index (χ3n) is 5.63. The van der Waals surface area contributed by atoms with Gasteiger partial charge < -0.3 is 10.6 Å². The van der Waals surface area contributed by atoms with Gasteiger partial charge in [0.15, 0.2) is 0 Å². The van der Waals surface area contributed by atoms with Gasteiger partial charge in [0, 0.05) is 13.6 Å². The van der Waals surface area contributed by atoms with Crippen LogP contribution in [0.15, 0.2) is 0 Å². The summed E-state index contributed by atoms with van der Waals surface area (Å²) in [6.45, 7) is 2.85. The van der Waals surface area contributed by atoms with Crippen LogP contribution in [0.4, 0.5) is 0 Å². The van der Waals surface area contributed by atoms with Crippen molar-refractivity contribution in [2.45, 2.75) is 51.0 Å². The van der Waals surface area contributed by atoms with Gasteiger partial charge in [0.1, 0.15) is 0 Å². The summed E-state index contributed by atoms with van der Waals surface area (Å²) in [6, 6.07) is 0. The lowest BCUT2D eigenvalue weighted by molar-refractivity contribution is -0.136. The van der Waals surface area contributed by atoms with Gasteiger partial charge in [-0.3, -0.25) is 4.79 Å². The fourth-order valence-electron chi connectivity index (χ4n) is 4.30. The molecular weight excluding hydrogens is 224 g/mol. The predicted molar refractivity (Wildman–Crippen MR) is 71.9 cm³/mol. The van der Waals surface area contributed by atoms with E-state index in [0.29, 0.717) is 5.92 Å². The number of hydrogen-bond donors (Lipinski definition) is 1. The molecule has 0 radical (unpaired) electrons. The zero-order valence-corrected chi connectivity index (χ0v) is 11.7. The molecule has 0 aliphatic heterocycles. The number of carbonyl (C=O) groups is 1. The quantitative estimate of drug-likeness (QED) is 0.829. The van der Waals surface area contributed by atoms with Crippen molar-refractivity contribution in [1.82, 2.24) is 4.90 Å². The molecule has 3 fully saturated rings. The molecule has 3 saturated carbocycles. The first-order valence-corrected chi connectivity index (χ1v) is 7.53. The molecule has 1 amide bonds. The van der Waals surface area contributed by atoms with E-state index >= 15 is 0 Å². The Morgan fingerprint density at radius 3 is 2.50 bits per heavy atom. The molecule has 3 heteroatoms. The smallest absolute Gasteiger partial charge is 0.242 e. The topological polar surface area (TPSA) is 46.3 Å². The molecule has 3 rings (SSSR count). The number of hydrogen-bond acceptors (Lipinski definition) is 2. The Hall–Kier alpha value is -0.570. The lowest BCUT2D eigenvalue weighted by Gasteiger charge is -2.33. The van der Waals surface area contributed by atoms with E-state index < -0.39 is 5.54 Å². The second kappa shape index (κ2) is 4.22. The van der Waals surface area contributed by atoms with Gasteiger partial charge in [0.05, 0.1) is 5.54 Å². The van der Waals surface area contributed by atoms with Crippen molar-refractivity contribution >= 4 is 5.91 Å². The average Bonchev–Trinajstić information content (AvgIpc) is 3.01. The van der Waals surface area contributed by atoms with Crippen LogP contribution in [0.25, 0.3) is 0 Å². The SMILES string of the molecule is CN(CC1CC2CCC1C2)C(=O)C(C)(N)C1CC1. The molecule has 102 valence electrons. The molecule has 0 aromatic heterocycles. The van der Waals surface area contributed by atoms with E-state index in [1.54, 1.807) is 0 Å². The minimum atomic E-state index is -0.619.